The molecule has 1 saturated heterocycles. The van der Waals surface area contributed by atoms with Gasteiger partial charge in [-0.05, 0) is 32.5 Å². The number of nitrogens with zero attached hydrogens (tertiary/aromatic N) is 2. The first-order valence-corrected chi connectivity index (χ1v) is 7.84. The lowest BCUT2D eigenvalue weighted by molar-refractivity contribution is 0.0657. The lowest BCUT2D eigenvalue weighted by atomic mass is 10.1. The summed E-state index contributed by atoms with van der Waals surface area (Å²) < 4.78 is 11.4. The number of piperazine rings is 1. The predicted molar refractivity (Wildman–Crippen MR) is 86.2 cm³/mol. The fraction of sp³-hybridized carbons (Fsp3) is 0.647. The molecule has 4 heteroatoms. The van der Waals surface area contributed by atoms with Gasteiger partial charge in [0.15, 0.2) is 0 Å². The third kappa shape index (κ3) is 5.65. The second-order valence-corrected chi connectivity index (χ2v) is 5.87. The molecule has 1 aliphatic rings. The number of likely N-dealkylation sites (N-methyl/N-ethyl adjacent to an activating group) is 1. The highest BCUT2D eigenvalue weighted by atomic mass is 16.5. The van der Waals surface area contributed by atoms with Crippen molar-refractivity contribution in [3.05, 3.63) is 29.3 Å². The first-order valence-electron chi connectivity index (χ1n) is 7.84. The zero-order chi connectivity index (χ0) is 15.1. The fourth-order valence-electron chi connectivity index (χ4n) is 2.54. The van der Waals surface area contributed by atoms with Crippen LogP contribution in [0.15, 0.2) is 18.2 Å². The molecule has 0 radical (unpaired) electrons. The van der Waals surface area contributed by atoms with Crippen molar-refractivity contribution in [2.75, 3.05) is 59.6 Å². The van der Waals surface area contributed by atoms with Crippen molar-refractivity contribution in [3.63, 3.8) is 0 Å². The molecule has 21 heavy (non-hydrogen) atoms. The van der Waals surface area contributed by atoms with Gasteiger partial charge in [-0.25, -0.2) is 0 Å². The maximum atomic E-state index is 5.75. The van der Waals surface area contributed by atoms with Crippen molar-refractivity contribution < 1.29 is 9.47 Å². The van der Waals surface area contributed by atoms with E-state index < -0.39 is 0 Å². The van der Waals surface area contributed by atoms with E-state index >= 15 is 0 Å². The van der Waals surface area contributed by atoms with Gasteiger partial charge < -0.3 is 14.4 Å². The van der Waals surface area contributed by atoms with Crippen molar-refractivity contribution in [2.24, 2.45) is 0 Å². The second-order valence-electron chi connectivity index (χ2n) is 5.87. The molecule has 2 rings (SSSR count). The van der Waals surface area contributed by atoms with Gasteiger partial charge in [0.2, 0.25) is 0 Å². The molecule has 0 amide bonds. The molecule has 0 unspecified atom stereocenters. The Bertz CT molecular complexity index is 429. The van der Waals surface area contributed by atoms with Gasteiger partial charge in [0.05, 0.1) is 13.2 Å². The van der Waals surface area contributed by atoms with Gasteiger partial charge in [0.1, 0.15) is 12.4 Å². The van der Waals surface area contributed by atoms with Crippen LogP contribution in [0.3, 0.4) is 0 Å². The van der Waals surface area contributed by atoms with Crippen molar-refractivity contribution in [3.8, 4) is 5.75 Å². The molecule has 1 aromatic rings. The molecule has 0 bridgehead atoms. The summed E-state index contributed by atoms with van der Waals surface area (Å²) in [5.74, 6) is 0.961. The summed E-state index contributed by atoms with van der Waals surface area (Å²) >= 11 is 0. The Hall–Kier alpha value is -1.10. The van der Waals surface area contributed by atoms with Crippen LogP contribution in [-0.4, -0.2) is 69.4 Å². The zero-order valence-electron chi connectivity index (χ0n) is 13.6. The summed E-state index contributed by atoms with van der Waals surface area (Å²) in [4.78, 5) is 4.83. The highest BCUT2D eigenvalue weighted by molar-refractivity contribution is 5.35. The Morgan fingerprint density at radius 1 is 1.00 bits per heavy atom. The quantitative estimate of drug-likeness (QED) is 0.717. The molecule has 0 atom stereocenters. The summed E-state index contributed by atoms with van der Waals surface area (Å²) in [5, 5.41) is 0. The van der Waals surface area contributed by atoms with Crippen LogP contribution >= 0.6 is 0 Å². The number of aryl methyl sites for hydroxylation is 2. The van der Waals surface area contributed by atoms with Crippen LogP contribution in [-0.2, 0) is 4.74 Å². The first kappa shape index (κ1) is 16.3. The Morgan fingerprint density at radius 2 is 1.76 bits per heavy atom. The van der Waals surface area contributed by atoms with E-state index in [0.717, 1.165) is 45.1 Å². The lowest BCUT2D eigenvalue weighted by Crippen LogP contribution is -2.45. The van der Waals surface area contributed by atoms with Gasteiger partial charge in [-0.2, -0.15) is 0 Å². The Balaban J connectivity index is 1.54. The largest absolute Gasteiger partial charge is 0.491 e. The van der Waals surface area contributed by atoms with Crippen LogP contribution < -0.4 is 4.74 Å². The SMILES string of the molecule is Cc1ccc(OCCOCCN2CCN(C)CC2)c(C)c1. The van der Waals surface area contributed by atoms with Crippen molar-refractivity contribution in [1.82, 2.24) is 9.80 Å². The molecule has 4 nitrogen and oxygen atoms in total. The fourth-order valence-corrected chi connectivity index (χ4v) is 2.54. The van der Waals surface area contributed by atoms with E-state index in [1.165, 1.54) is 11.1 Å². The number of hydrogen-bond donors (Lipinski definition) is 0. The topological polar surface area (TPSA) is 24.9 Å². The van der Waals surface area contributed by atoms with Gasteiger partial charge in [-0.1, -0.05) is 17.7 Å². The average Bonchev–Trinajstić information content (AvgIpc) is 2.46. The van der Waals surface area contributed by atoms with Crippen LogP contribution in [0.1, 0.15) is 11.1 Å². The number of ether oxygens (including phenoxy) is 2. The first-order chi connectivity index (χ1) is 10.1. The molecule has 0 aliphatic carbocycles. The van der Waals surface area contributed by atoms with Gasteiger partial charge in [-0.15, -0.1) is 0 Å². The van der Waals surface area contributed by atoms with E-state index in [-0.39, 0.29) is 0 Å². The maximum absolute atomic E-state index is 5.75. The van der Waals surface area contributed by atoms with Crippen LogP contribution in [0.5, 0.6) is 5.75 Å². The van der Waals surface area contributed by atoms with E-state index in [1.54, 1.807) is 0 Å². The van der Waals surface area contributed by atoms with Gasteiger partial charge >= 0.3 is 0 Å². The minimum absolute atomic E-state index is 0.618. The van der Waals surface area contributed by atoms with E-state index in [1.807, 2.05) is 6.07 Å². The summed E-state index contributed by atoms with van der Waals surface area (Å²) in [5.41, 5.74) is 2.45. The molecule has 1 aromatic carbocycles. The Kier molecular flexibility index (Phi) is 6.49. The monoisotopic (exact) mass is 292 g/mol. The molecule has 0 N–H and O–H groups in total. The molecule has 1 fully saturated rings. The predicted octanol–water partition coefficient (Wildman–Crippen LogP) is 1.95. The normalized spacial score (nSPS) is 17.1. The summed E-state index contributed by atoms with van der Waals surface area (Å²) in [6.45, 7) is 11.9. The summed E-state index contributed by atoms with van der Waals surface area (Å²) in [6, 6.07) is 6.26. The highest BCUT2D eigenvalue weighted by Gasteiger charge is 2.12. The highest BCUT2D eigenvalue weighted by Crippen LogP contribution is 2.18. The van der Waals surface area contributed by atoms with Gasteiger partial charge in [-0.3, -0.25) is 4.90 Å². The summed E-state index contributed by atoms with van der Waals surface area (Å²) in [6.07, 6.45) is 0. The van der Waals surface area contributed by atoms with Crippen LogP contribution in [0, 0.1) is 13.8 Å². The average molecular weight is 292 g/mol. The summed E-state index contributed by atoms with van der Waals surface area (Å²) in [7, 11) is 2.18. The molecular formula is C17H28N2O2. The number of rotatable bonds is 7. The zero-order valence-corrected chi connectivity index (χ0v) is 13.6. The third-order valence-electron chi connectivity index (χ3n) is 3.96. The molecule has 118 valence electrons. The van der Waals surface area contributed by atoms with E-state index in [4.69, 9.17) is 9.47 Å². The van der Waals surface area contributed by atoms with Gasteiger partial charge in [0.25, 0.3) is 0 Å². The van der Waals surface area contributed by atoms with Crippen LogP contribution in [0.25, 0.3) is 0 Å². The van der Waals surface area contributed by atoms with Crippen LogP contribution in [0.4, 0.5) is 0 Å². The minimum Gasteiger partial charge on any atom is -0.491 e. The molecule has 1 heterocycles. The van der Waals surface area contributed by atoms with E-state index in [0.29, 0.717) is 13.2 Å². The molecule has 0 aromatic heterocycles. The van der Waals surface area contributed by atoms with Crippen molar-refractivity contribution >= 4 is 0 Å². The number of hydrogen-bond acceptors (Lipinski definition) is 4. The van der Waals surface area contributed by atoms with E-state index in [9.17, 15) is 0 Å². The van der Waals surface area contributed by atoms with Crippen molar-refractivity contribution in [1.29, 1.82) is 0 Å². The maximum Gasteiger partial charge on any atom is 0.122 e. The number of benzene rings is 1. The second kappa shape index (κ2) is 8.37. The van der Waals surface area contributed by atoms with E-state index in [2.05, 4.69) is 42.8 Å². The minimum atomic E-state index is 0.618. The molecule has 0 spiro atoms. The lowest BCUT2D eigenvalue weighted by Gasteiger charge is -2.32. The smallest absolute Gasteiger partial charge is 0.122 e. The Labute approximate surface area is 128 Å². The molecule has 1 aliphatic heterocycles. The third-order valence-corrected chi connectivity index (χ3v) is 3.96. The van der Waals surface area contributed by atoms with Gasteiger partial charge in [0, 0.05) is 32.7 Å². The molecule has 0 saturated carbocycles. The van der Waals surface area contributed by atoms with Crippen LogP contribution in [0.2, 0.25) is 0 Å². The standard InChI is InChI=1S/C17H28N2O2/c1-15-4-5-17(16(2)14-15)21-13-12-20-11-10-19-8-6-18(3)7-9-19/h4-5,14H,6-13H2,1-3H3. The Morgan fingerprint density at radius 3 is 2.48 bits per heavy atom. The molecular weight excluding hydrogens is 264 g/mol. The van der Waals surface area contributed by atoms with Crippen molar-refractivity contribution in [2.45, 2.75) is 13.8 Å².